The molecule has 68 heavy (non-hydrogen) atoms. The van der Waals surface area contributed by atoms with Crippen molar-refractivity contribution in [3.8, 4) is 44.5 Å². The second-order valence-electron chi connectivity index (χ2n) is 18.5. The molecule has 0 atom stereocenters. The van der Waals surface area contributed by atoms with E-state index in [1.54, 1.807) is 0 Å². The van der Waals surface area contributed by atoms with Crippen LogP contribution in [0, 0.1) is 6.92 Å². The fourth-order valence-electron chi connectivity index (χ4n) is 10.7. The first-order valence-electron chi connectivity index (χ1n) is 23.6. The van der Waals surface area contributed by atoms with E-state index in [9.17, 15) is 0 Å². The Hall–Kier alpha value is -8.34. The summed E-state index contributed by atoms with van der Waals surface area (Å²) < 4.78 is 0. The van der Waals surface area contributed by atoms with Gasteiger partial charge in [0.2, 0.25) is 0 Å². The van der Waals surface area contributed by atoms with E-state index < -0.39 is 0 Å². The summed E-state index contributed by atoms with van der Waals surface area (Å²) in [4.78, 5) is 4.94. The van der Waals surface area contributed by atoms with Crippen LogP contribution in [-0.2, 0) is 5.41 Å². The number of anilines is 8. The van der Waals surface area contributed by atoms with Crippen molar-refractivity contribution in [1.82, 2.24) is 0 Å². The zero-order valence-corrected chi connectivity index (χ0v) is 38.5. The van der Waals surface area contributed by atoms with Gasteiger partial charge in [0.1, 0.15) is 0 Å². The highest BCUT2D eigenvalue weighted by Gasteiger charge is 2.42. The van der Waals surface area contributed by atoms with Gasteiger partial charge in [-0.3, -0.25) is 0 Å². The van der Waals surface area contributed by atoms with E-state index in [1.165, 1.54) is 66.8 Å². The SMILES string of the molecule is Cc1cc(-c2ccccc2)ccc1N1c2ccc(N(c3ccccc3)c3ccccc3)cc2[B]c2c(-c3ccccc3Nc3cccc(-c4ccccc4)c3)cc3c(c21)-c1ccccc1C3(C)C. The van der Waals surface area contributed by atoms with Crippen molar-refractivity contribution in [3.05, 3.63) is 253 Å². The minimum atomic E-state index is -0.254. The van der Waals surface area contributed by atoms with Crippen LogP contribution in [-0.4, -0.2) is 7.28 Å². The fourth-order valence-corrected chi connectivity index (χ4v) is 10.7. The number of fused-ring (bicyclic) bond motifs is 6. The first-order chi connectivity index (χ1) is 33.4. The predicted molar refractivity (Wildman–Crippen MR) is 289 cm³/mol. The Bertz CT molecular complexity index is 3450. The number of nitrogens with one attached hydrogen (secondary N) is 1. The summed E-state index contributed by atoms with van der Waals surface area (Å²) >= 11 is 0. The highest BCUT2D eigenvalue weighted by molar-refractivity contribution is 6.73. The average molecular weight is 871 g/mol. The maximum Gasteiger partial charge on any atom is 0.198 e. The molecular formula is C64H49BN3. The van der Waals surface area contributed by atoms with Crippen LogP contribution in [0.3, 0.4) is 0 Å². The molecule has 0 saturated carbocycles. The molecule has 10 aromatic rings. The van der Waals surface area contributed by atoms with Crippen molar-refractivity contribution in [2.45, 2.75) is 26.2 Å². The van der Waals surface area contributed by atoms with Crippen LogP contribution in [0.4, 0.5) is 45.5 Å². The number of hydrogen-bond donors (Lipinski definition) is 1. The monoisotopic (exact) mass is 870 g/mol. The van der Waals surface area contributed by atoms with E-state index in [-0.39, 0.29) is 5.41 Å². The standard InChI is InChI=1S/C64H49BN3/c1-43-39-47(45-23-10-5-11-24-45)35-37-59(43)68-60-38-36-51(67(49-27-12-6-13-28-49)50-29-14-7-15-30-50)41-57(60)65-62-54(42-56-61(63(62)68)53-32-16-18-33-55(53)64(56,2)3)52-31-17-19-34-58(52)66-48-26-20-25-46(40-48)44-21-8-4-9-22-44/h4-42,66H,1-3H3. The Morgan fingerprint density at radius 2 is 1.01 bits per heavy atom. The van der Waals surface area contributed by atoms with Gasteiger partial charge in [0.25, 0.3) is 0 Å². The van der Waals surface area contributed by atoms with E-state index in [2.05, 4.69) is 280 Å². The van der Waals surface area contributed by atoms with E-state index in [1.807, 2.05) is 0 Å². The molecular weight excluding hydrogens is 822 g/mol. The Morgan fingerprint density at radius 1 is 0.441 bits per heavy atom. The summed E-state index contributed by atoms with van der Waals surface area (Å²) in [6, 6.07) is 85.9. The molecule has 0 amide bonds. The lowest BCUT2D eigenvalue weighted by molar-refractivity contribution is 0.661. The predicted octanol–water partition coefficient (Wildman–Crippen LogP) is 16.0. The summed E-state index contributed by atoms with van der Waals surface area (Å²) in [5.74, 6) is 0. The third-order valence-corrected chi connectivity index (χ3v) is 14.0. The molecule has 1 aliphatic heterocycles. The molecule has 0 saturated heterocycles. The Balaban J connectivity index is 1.11. The van der Waals surface area contributed by atoms with Crippen molar-refractivity contribution < 1.29 is 0 Å². The van der Waals surface area contributed by atoms with E-state index in [0.717, 1.165) is 50.8 Å². The minimum absolute atomic E-state index is 0.254. The van der Waals surface area contributed by atoms with E-state index in [0.29, 0.717) is 0 Å². The zero-order valence-electron chi connectivity index (χ0n) is 38.5. The summed E-state index contributed by atoms with van der Waals surface area (Å²) in [6.07, 6.45) is 0. The molecule has 12 rings (SSSR count). The minimum Gasteiger partial charge on any atom is -0.355 e. The van der Waals surface area contributed by atoms with Gasteiger partial charge in [-0.25, -0.2) is 0 Å². The van der Waals surface area contributed by atoms with E-state index in [4.69, 9.17) is 0 Å². The topological polar surface area (TPSA) is 18.5 Å². The van der Waals surface area contributed by atoms with Gasteiger partial charge in [-0.1, -0.05) is 177 Å². The number of nitrogens with zero attached hydrogens (tertiary/aromatic N) is 2. The smallest absolute Gasteiger partial charge is 0.198 e. The van der Waals surface area contributed by atoms with Crippen molar-refractivity contribution in [3.63, 3.8) is 0 Å². The van der Waals surface area contributed by atoms with Gasteiger partial charge in [-0.15, -0.1) is 0 Å². The molecule has 1 heterocycles. The van der Waals surface area contributed by atoms with Crippen LogP contribution >= 0.6 is 0 Å². The third kappa shape index (κ3) is 7.08. The summed E-state index contributed by atoms with van der Waals surface area (Å²) in [5.41, 5.74) is 24.5. The molecule has 1 aliphatic carbocycles. The number of rotatable bonds is 9. The first-order valence-corrected chi connectivity index (χ1v) is 23.6. The molecule has 0 spiro atoms. The molecule has 323 valence electrons. The quantitative estimate of drug-likeness (QED) is 0.146. The van der Waals surface area contributed by atoms with Gasteiger partial charge >= 0.3 is 0 Å². The molecule has 10 aromatic carbocycles. The van der Waals surface area contributed by atoms with Gasteiger partial charge in [-0.05, 0) is 141 Å². The zero-order chi connectivity index (χ0) is 45.8. The second-order valence-corrected chi connectivity index (χ2v) is 18.5. The van der Waals surface area contributed by atoms with Crippen molar-refractivity contribution in [2.75, 3.05) is 15.1 Å². The van der Waals surface area contributed by atoms with Gasteiger partial charge in [0.15, 0.2) is 7.28 Å². The summed E-state index contributed by atoms with van der Waals surface area (Å²) in [6.45, 7) is 7.06. The number of benzene rings is 10. The molecule has 1 N–H and O–H groups in total. The van der Waals surface area contributed by atoms with Crippen LogP contribution in [0.1, 0.15) is 30.5 Å². The maximum absolute atomic E-state index is 3.91. The Kier molecular flexibility index (Phi) is 10.2. The first kappa shape index (κ1) is 41.1. The van der Waals surface area contributed by atoms with Crippen LogP contribution in [0.5, 0.6) is 0 Å². The molecule has 0 fully saturated rings. The molecule has 4 heteroatoms. The molecule has 0 bridgehead atoms. The fraction of sp³-hybridized carbons (Fsp3) is 0.0625. The lowest BCUT2D eigenvalue weighted by atomic mass is 9.57. The Morgan fingerprint density at radius 3 is 1.69 bits per heavy atom. The molecule has 1 radical (unpaired) electrons. The largest absolute Gasteiger partial charge is 0.355 e. The summed E-state index contributed by atoms with van der Waals surface area (Å²) in [7, 11) is 2.46. The van der Waals surface area contributed by atoms with Crippen LogP contribution < -0.4 is 26.0 Å². The number of para-hydroxylation sites is 3. The van der Waals surface area contributed by atoms with Gasteiger partial charge < -0.3 is 15.1 Å². The van der Waals surface area contributed by atoms with Crippen molar-refractivity contribution in [1.29, 1.82) is 0 Å². The number of hydrogen-bond acceptors (Lipinski definition) is 3. The van der Waals surface area contributed by atoms with Crippen LogP contribution in [0.15, 0.2) is 237 Å². The summed E-state index contributed by atoms with van der Waals surface area (Å²) in [5, 5.41) is 3.91. The normalized spacial score (nSPS) is 12.8. The molecule has 0 unspecified atom stereocenters. The maximum atomic E-state index is 3.91. The highest BCUT2D eigenvalue weighted by atomic mass is 15.2. The van der Waals surface area contributed by atoms with E-state index >= 15 is 0 Å². The lowest BCUT2D eigenvalue weighted by Crippen LogP contribution is -2.42. The Labute approximate surface area is 400 Å². The molecule has 0 aromatic heterocycles. The third-order valence-electron chi connectivity index (χ3n) is 14.0. The second kappa shape index (κ2) is 16.8. The van der Waals surface area contributed by atoms with Gasteiger partial charge in [0, 0.05) is 62.0 Å². The van der Waals surface area contributed by atoms with Gasteiger partial charge in [-0.2, -0.15) is 0 Å². The lowest BCUT2D eigenvalue weighted by Gasteiger charge is -2.39. The van der Waals surface area contributed by atoms with Crippen molar-refractivity contribution in [2.24, 2.45) is 0 Å². The molecule has 3 nitrogen and oxygen atoms in total. The molecule has 2 aliphatic rings. The van der Waals surface area contributed by atoms with Crippen molar-refractivity contribution >= 4 is 63.7 Å². The number of aryl methyl sites for hydroxylation is 1. The van der Waals surface area contributed by atoms with Gasteiger partial charge in [0.05, 0.1) is 0 Å². The van der Waals surface area contributed by atoms with Crippen LogP contribution in [0.2, 0.25) is 0 Å². The highest BCUT2D eigenvalue weighted by Crippen LogP contribution is 2.56. The van der Waals surface area contributed by atoms with Crippen LogP contribution in [0.25, 0.3) is 44.5 Å². The average Bonchev–Trinajstić information content (AvgIpc) is 3.62.